The summed E-state index contributed by atoms with van der Waals surface area (Å²) in [6.07, 6.45) is 0. The van der Waals surface area contributed by atoms with E-state index in [4.69, 9.17) is 9.84 Å². The zero-order chi connectivity index (χ0) is 19.6. The van der Waals surface area contributed by atoms with Gasteiger partial charge in [0.1, 0.15) is 5.75 Å². The van der Waals surface area contributed by atoms with Gasteiger partial charge in [-0.15, -0.1) is 0 Å². The van der Waals surface area contributed by atoms with Crippen molar-refractivity contribution in [3.05, 3.63) is 70.0 Å². The molecule has 0 amide bonds. The van der Waals surface area contributed by atoms with E-state index in [0.29, 0.717) is 5.69 Å². The molecule has 1 aromatic heterocycles. The molecular formula is C19H16N2O6. The van der Waals surface area contributed by atoms with Crippen LogP contribution in [0.3, 0.4) is 0 Å². The number of H-pyrrole nitrogens is 1. The Morgan fingerprint density at radius 2 is 1.78 bits per heavy atom. The molecule has 138 valence electrons. The summed E-state index contributed by atoms with van der Waals surface area (Å²) in [5.74, 6) is -2.04. The van der Waals surface area contributed by atoms with Crippen LogP contribution < -0.4 is 5.56 Å². The van der Waals surface area contributed by atoms with Gasteiger partial charge in [0, 0.05) is 5.56 Å². The minimum atomic E-state index is -1.09. The molecular weight excluding hydrogens is 352 g/mol. The normalized spacial score (nSPS) is 10.6. The smallest absolute Gasteiger partial charge is 0.346 e. The van der Waals surface area contributed by atoms with Gasteiger partial charge in [-0.2, -0.15) is 0 Å². The lowest BCUT2D eigenvalue weighted by Gasteiger charge is -2.11. The summed E-state index contributed by atoms with van der Waals surface area (Å²) in [6, 6.07) is 12.0. The Balaban J connectivity index is 2.27. The fourth-order valence-electron chi connectivity index (χ4n) is 2.70. The average Bonchev–Trinajstić information content (AvgIpc) is 2.99. The Hall–Kier alpha value is -3.81. The number of carboxylic acid groups (broad SMARTS) is 1. The zero-order valence-corrected chi connectivity index (χ0v) is 14.3. The first-order chi connectivity index (χ1) is 12.9. The number of para-hydroxylation sites is 1. The molecule has 0 saturated carbocycles. The number of aromatic carboxylic acids is 1. The van der Waals surface area contributed by atoms with Crippen LogP contribution in [0.25, 0.3) is 16.9 Å². The van der Waals surface area contributed by atoms with E-state index >= 15 is 0 Å². The molecule has 3 N–H and O–H groups in total. The number of hydrogen-bond acceptors (Lipinski definition) is 5. The molecule has 0 saturated heterocycles. The molecule has 8 nitrogen and oxygen atoms in total. The number of esters is 1. The number of aromatic nitrogens is 2. The minimum absolute atomic E-state index is 0.0722. The van der Waals surface area contributed by atoms with Crippen LogP contribution in [-0.2, 0) is 4.74 Å². The van der Waals surface area contributed by atoms with Crippen LogP contribution >= 0.6 is 0 Å². The lowest BCUT2D eigenvalue weighted by molar-refractivity contribution is 0.0525. The van der Waals surface area contributed by atoms with Crippen molar-refractivity contribution in [1.29, 1.82) is 0 Å². The second-order valence-corrected chi connectivity index (χ2v) is 5.59. The molecule has 0 aliphatic heterocycles. The molecule has 2 aromatic carbocycles. The maximum absolute atomic E-state index is 12.5. The molecule has 3 aromatic rings. The number of carbonyl (C=O) groups is 2. The summed E-state index contributed by atoms with van der Waals surface area (Å²) in [5.41, 5.74) is -0.0793. The molecule has 0 aliphatic rings. The number of benzene rings is 2. The van der Waals surface area contributed by atoms with Gasteiger partial charge < -0.3 is 14.9 Å². The number of nitrogens with zero attached hydrogens (tertiary/aromatic N) is 1. The van der Waals surface area contributed by atoms with E-state index in [1.165, 1.54) is 35.0 Å². The highest BCUT2D eigenvalue weighted by Crippen LogP contribution is 2.32. The molecule has 1 heterocycles. The molecule has 0 radical (unpaired) electrons. The van der Waals surface area contributed by atoms with Gasteiger partial charge in [-0.05, 0) is 43.3 Å². The Morgan fingerprint density at radius 3 is 2.37 bits per heavy atom. The van der Waals surface area contributed by atoms with E-state index in [1.54, 1.807) is 25.1 Å². The van der Waals surface area contributed by atoms with Gasteiger partial charge in [0.15, 0.2) is 5.56 Å². The molecule has 0 fully saturated rings. The number of rotatable bonds is 5. The fraction of sp³-hybridized carbons (Fsp3) is 0.105. The highest BCUT2D eigenvalue weighted by Gasteiger charge is 2.26. The summed E-state index contributed by atoms with van der Waals surface area (Å²) < 4.78 is 6.29. The van der Waals surface area contributed by atoms with Crippen molar-refractivity contribution in [2.75, 3.05) is 6.61 Å². The average molecular weight is 368 g/mol. The summed E-state index contributed by atoms with van der Waals surface area (Å²) in [4.78, 5) is 35.8. The number of carboxylic acids is 1. The summed E-state index contributed by atoms with van der Waals surface area (Å²) in [7, 11) is 0. The van der Waals surface area contributed by atoms with Crippen molar-refractivity contribution in [2.45, 2.75) is 6.92 Å². The van der Waals surface area contributed by atoms with Gasteiger partial charge in [-0.25, -0.2) is 9.59 Å². The number of aromatic amines is 1. The van der Waals surface area contributed by atoms with Crippen molar-refractivity contribution in [1.82, 2.24) is 9.78 Å². The van der Waals surface area contributed by atoms with Crippen molar-refractivity contribution < 1.29 is 24.5 Å². The summed E-state index contributed by atoms with van der Waals surface area (Å²) >= 11 is 0. The van der Waals surface area contributed by atoms with Gasteiger partial charge in [0.05, 0.1) is 23.6 Å². The summed E-state index contributed by atoms with van der Waals surface area (Å²) in [6.45, 7) is 1.70. The highest BCUT2D eigenvalue weighted by atomic mass is 16.5. The predicted octanol–water partition coefficient (Wildman–Crippen LogP) is 2.41. The lowest BCUT2D eigenvalue weighted by atomic mass is 10.1. The molecule has 0 aliphatic carbocycles. The quantitative estimate of drug-likeness (QED) is 0.595. The third-order valence-corrected chi connectivity index (χ3v) is 3.91. The van der Waals surface area contributed by atoms with Crippen molar-refractivity contribution >= 4 is 11.9 Å². The lowest BCUT2D eigenvalue weighted by Crippen LogP contribution is -2.15. The zero-order valence-electron chi connectivity index (χ0n) is 14.3. The molecule has 0 atom stereocenters. The van der Waals surface area contributed by atoms with Crippen LogP contribution in [0.15, 0.2) is 53.3 Å². The Labute approximate surface area is 153 Å². The van der Waals surface area contributed by atoms with E-state index < -0.39 is 17.5 Å². The van der Waals surface area contributed by atoms with Crippen LogP contribution in [0.5, 0.6) is 5.75 Å². The van der Waals surface area contributed by atoms with Gasteiger partial charge in [-0.3, -0.25) is 14.6 Å². The maximum atomic E-state index is 12.5. The monoisotopic (exact) mass is 368 g/mol. The number of phenolic OH excluding ortho intramolecular Hbond substituents is 1. The number of aromatic hydroxyl groups is 1. The number of phenols is 1. The topological polar surface area (TPSA) is 122 Å². The number of carbonyl (C=O) groups excluding carboxylic acids is 1. The van der Waals surface area contributed by atoms with Gasteiger partial charge in [0.25, 0.3) is 5.56 Å². The number of ether oxygens (including phenoxy) is 1. The third kappa shape index (κ3) is 3.32. The first-order valence-electron chi connectivity index (χ1n) is 8.08. The van der Waals surface area contributed by atoms with E-state index in [-0.39, 0.29) is 34.7 Å². The Bertz CT molecular complexity index is 1060. The van der Waals surface area contributed by atoms with Crippen LogP contribution in [0.2, 0.25) is 0 Å². The first kappa shape index (κ1) is 18.0. The van der Waals surface area contributed by atoms with Gasteiger partial charge in [-0.1, -0.05) is 12.1 Å². The first-order valence-corrected chi connectivity index (χ1v) is 8.08. The molecule has 8 heteroatoms. The maximum Gasteiger partial charge on any atom is 0.346 e. The van der Waals surface area contributed by atoms with Crippen LogP contribution in [-0.4, -0.2) is 38.5 Å². The number of hydrogen-bond donors (Lipinski definition) is 3. The molecule has 0 spiro atoms. The fourth-order valence-corrected chi connectivity index (χ4v) is 2.70. The second kappa shape index (κ2) is 7.20. The minimum Gasteiger partial charge on any atom is -0.507 e. The van der Waals surface area contributed by atoms with Gasteiger partial charge >= 0.3 is 11.9 Å². The van der Waals surface area contributed by atoms with Crippen molar-refractivity contribution in [3.63, 3.8) is 0 Å². The van der Waals surface area contributed by atoms with Crippen LogP contribution in [0, 0.1) is 0 Å². The van der Waals surface area contributed by atoms with E-state index in [9.17, 15) is 19.5 Å². The standard InChI is InChI=1S/C19H16N2O6/c1-2-27-19(26)15-16(13-5-3-4-6-14(13)22)21(20-17(15)23)12-9-7-11(8-10-12)18(24)25/h3-10,22H,2H2,1H3,(H,20,23)(H,24,25). The van der Waals surface area contributed by atoms with E-state index in [1.807, 2.05) is 0 Å². The Morgan fingerprint density at radius 1 is 1.11 bits per heavy atom. The van der Waals surface area contributed by atoms with Gasteiger partial charge in [0.2, 0.25) is 0 Å². The van der Waals surface area contributed by atoms with Crippen molar-refractivity contribution in [3.8, 4) is 22.7 Å². The van der Waals surface area contributed by atoms with Crippen LogP contribution in [0.1, 0.15) is 27.6 Å². The molecule has 3 rings (SSSR count). The largest absolute Gasteiger partial charge is 0.507 e. The third-order valence-electron chi connectivity index (χ3n) is 3.91. The number of nitrogens with one attached hydrogen (secondary N) is 1. The molecule has 0 unspecified atom stereocenters. The van der Waals surface area contributed by atoms with Crippen molar-refractivity contribution in [2.24, 2.45) is 0 Å². The van der Waals surface area contributed by atoms with E-state index in [2.05, 4.69) is 5.10 Å². The Kier molecular flexibility index (Phi) is 4.80. The molecule has 0 bridgehead atoms. The molecule has 27 heavy (non-hydrogen) atoms. The second-order valence-electron chi connectivity index (χ2n) is 5.59. The summed E-state index contributed by atoms with van der Waals surface area (Å²) in [5, 5.41) is 21.8. The highest BCUT2D eigenvalue weighted by molar-refractivity contribution is 5.97. The van der Waals surface area contributed by atoms with Crippen LogP contribution in [0.4, 0.5) is 0 Å². The predicted molar refractivity (Wildman–Crippen MR) is 96.4 cm³/mol. The SMILES string of the molecule is CCOC(=O)c1c(-c2ccccc2O)n(-c2ccc(C(=O)O)cc2)[nH]c1=O. The van der Waals surface area contributed by atoms with E-state index in [0.717, 1.165) is 0 Å².